The molecule has 1 saturated carbocycles. The maximum atomic E-state index is 4.24. The highest BCUT2D eigenvalue weighted by Crippen LogP contribution is 2.22. The van der Waals surface area contributed by atoms with Crippen molar-refractivity contribution in [2.75, 3.05) is 6.54 Å². The lowest BCUT2D eigenvalue weighted by molar-refractivity contribution is 0.365. The minimum absolute atomic E-state index is 0.796. The van der Waals surface area contributed by atoms with Gasteiger partial charge in [-0.15, -0.1) is 0 Å². The fourth-order valence-electron chi connectivity index (χ4n) is 2.56. The number of nitrogens with zero attached hydrogens (tertiary/aromatic N) is 2. The van der Waals surface area contributed by atoms with Crippen LogP contribution in [-0.2, 0) is 13.5 Å². The lowest BCUT2D eigenvalue weighted by Crippen LogP contribution is -2.26. The van der Waals surface area contributed by atoms with E-state index < -0.39 is 0 Å². The molecule has 1 atom stereocenters. The van der Waals surface area contributed by atoms with Crippen LogP contribution >= 0.6 is 0 Å². The van der Waals surface area contributed by atoms with Gasteiger partial charge in [-0.2, -0.15) is 5.10 Å². The molecule has 3 heteroatoms. The van der Waals surface area contributed by atoms with E-state index in [1.807, 2.05) is 17.9 Å². The molecule has 1 fully saturated rings. The van der Waals surface area contributed by atoms with Gasteiger partial charge in [0.25, 0.3) is 0 Å². The van der Waals surface area contributed by atoms with E-state index in [4.69, 9.17) is 0 Å². The molecule has 1 aromatic heterocycles. The Morgan fingerprint density at radius 2 is 2.22 bits per heavy atom. The van der Waals surface area contributed by atoms with Gasteiger partial charge >= 0.3 is 0 Å². The molecule has 1 aromatic rings. The molecule has 1 heterocycles. The zero-order valence-electron chi connectivity index (χ0n) is 12.0. The molecule has 0 spiro atoms. The minimum Gasteiger partial charge on any atom is -0.314 e. The largest absolute Gasteiger partial charge is 0.314 e. The summed E-state index contributed by atoms with van der Waals surface area (Å²) in [6.45, 7) is 5.85. The molecule has 1 aliphatic rings. The summed E-state index contributed by atoms with van der Waals surface area (Å²) >= 11 is 0. The van der Waals surface area contributed by atoms with Gasteiger partial charge in [-0.05, 0) is 56.0 Å². The van der Waals surface area contributed by atoms with Crippen molar-refractivity contribution >= 4 is 0 Å². The van der Waals surface area contributed by atoms with Crippen LogP contribution in [0.4, 0.5) is 0 Å². The molecule has 0 bridgehead atoms. The highest BCUT2D eigenvalue weighted by molar-refractivity contribution is 5.03. The fraction of sp³-hybridized carbons (Fsp3) is 0.800. The molecular weight excluding hydrogens is 222 g/mol. The Hall–Kier alpha value is -0.830. The van der Waals surface area contributed by atoms with Crippen molar-refractivity contribution in [1.29, 1.82) is 0 Å². The maximum absolute atomic E-state index is 4.24. The second-order valence-electron chi connectivity index (χ2n) is 6.24. The SMILES string of the molecule is CC(C)CC(CCc1cnn(C)c1)CNC1CC1. The number of hydrogen-bond donors (Lipinski definition) is 1. The van der Waals surface area contributed by atoms with Crippen LogP contribution in [0.1, 0.15) is 45.1 Å². The smallest absolute Gasteiger partial charge is 0.0521 e. The summed E-state index contributed by atoms with van der Waals surface area (Å²) in [5.74, 6) is 1.61. The van der Waals surface area contributed by atoms with Crippen molar-refractivity contribution in [2.45, 2.75) is 52.0 Å². The van der Waals surface area contributed by atoms with Crippen LogP contribution in [0.5, 0.6) is 0 Å². The van der Waals surface area contributed by atoms with Crippen molar-refractivity contribution in [3.63, 3.8) is 0 Å². The molecular formula is C15H27N3. The Morgan fingerprint density at radius 1 is 1.44 bits per heavy atom. The van der Waals surface area contributed by atoms with Crippen molar-refractivity contribution < 1.29 is 0 Å². The Balaban J connectivity index is 1.75. The molecule has 1 aliphatic carbocycles. The van der Waals surface area contributed by atoms with E-state index in [9.17, 15) is 0 Å². The van der Waals surface area contributed by atoms with Crippen LogP contribution in [0.15, 0.2) is 12.4 Å². The van der Waals surface area contributed by atoms with Gasteiger partial charge in [-0.3, -0.25) is 4.68 Å². The summed E-state index contributed by atoms with van der Waals surface area (Å²) in [6.07, 6.45) is 10.7. The fourth-order valence-corrected chi connectivity index (χ4v) is 2.56. The third-order valence-corrected chi connectivity index (χ3v) is 3.68. The summed E-state index contributed by atoms with van der Waals surface area (Å²) in [7, 11) is 1.99. The first kappa shape index (κ1) is 13.6. The van der Waals surface area contributed by atoms with Crippen molar-refractivity contribution in [1.82, 2.24) is 15.1 Å². The molecule has 2 rings (SSSR count). The monoisotopic (exact) mass is 249 g/mol. The van der Waals surface area contributed by atoms with Crippen LogP contribution in [0.25, 0.3) is 0 Å². The summed E-state index contributed by atoms with van der Waals surface area (Å²) in [5, 5.41) is 7.92. The number of hydrogen-bond acceptors (Lipinski definition) is 2. The zero-order valence-corrected chi connectivity index (χ0v) is 12.0. The topological polar surface area (TPSA) is 29.9 Å². The molecule has 0 amide bonds. The average molecular weight is 249 g/mol. The number of aryl methyl sites for hydroxylation is 2. The third-order valence-electron chi connectivity index (χ3n) is 3.68. The molecule has 0 aliphatic heterocycles. The van der Waals surface area contributed by atoms with Crippen LogP contribution in [0.2, 0.25) is 0 Å². The van der Waals surface area contributed by atoms with Gasteiger partial charge in [0.2, 0.25) is 0 Å². The first-order valence-electron chi connectivity index (χ1n) is 7.34. The highest BCUT2D eigenvalue weighted by Gasteiger charge is 2.22. The predicted octanol–water partition coefficient (Wildman–Crippen LogP) is 2.77. The Morgan fingerprint density at radius 3 is 2.78 bits per heavy atom. The highest BCUT2D eigenvalue weighted by atomic mass is 15.2. The Labute approximate surface area is 111 Å². The number of aromatic nitrogens is 2. The summed E-state index contributed by atoms with van der Waals surface area (Å²) in [6, 6.07) is 0.832. The van der Waals surface area contributed by atoms with E-state index in [0.29, 0.717) is 0 Å². The average Bonchev–Trinajstić information content (AvgIpc) is 3.04. The van der Waals surface area contributed by atoms with E-state index in [2.05, 4.69) is 30.5 Å². The first-order chi connectivity index (χ1) is 8.63. The van der Waals surface area contributed by atoms with Crippen LogP contribution in [-0.4, -0.2) is 22.4 Å². The van der Waals surface area contributed by atoms with E-state index >= 15 is 0 Å². The van der Waals surface area contributed by atoms with Crippen LogP contribution < -0.4 is 5.32 Å². The second-order valence-corrected chi connectivity index (χ2v) is 6.24. The number of rotatable bonds is 8. The summed E-state index contributed by atoms with van der Waals surface area (Å²) < 4.78 is 1.90. The molecule has 1 N–H and O–H groups in total. The second kappa shape index (κ2) is 6.37. The molecule has 18 heavy (non-hydrogen) atoms. The summed E-state index contributed by atoms with van der Waals surface area (Å²) in [5.41, 5.74) is 1.37. The normalized spacial score (nSPS) is 17.3. The lowest BCUT2D eigenvalue weighted by Gasteiger charge is -2.19. The molecule has 3 nitrogen and oxygen atoms in total. The maximum Gasteiger partial charge on any atom is 0.0521 e. The lowest BCUT2D eigenvalue weighted by atomic mass is 9.91. The molecule has 1 unspecified atom stereocenters. The number of nitrogens with one attached hydrogen (secondary N) is 1. The van der Waals surface area contributed by atoms with Gasteiger partial charge in [0.1, 0.15) is 0 Å². The van der Waals surface area contributed by atoms with Gasteiger partial charge in [-0.1, -0.05) is 13.8 Å². The van der Waals surface area contributed by atoms with Gasteiger partial charge in [-0.25, -0.2) is 0 Å². The zero-order chi connectivity index (χ0) is 13.0. The van der Waals surface area contributed by atoms with E-state index in [1.165, 1.54) is 37.8 Å². The molecule has 102 valence electrons. The van der Waals surface area contributed by atoms with Crippen molar-refractivity contribution in [2.24, 2.45) is 18.9 Å². The van der Waals surface area contributed by atoms with E-state index in [0.717, 1.165) is 24.3 Å². The Kier molecular flexibility index (Phi) is 4.81. The third kappa shape index (κ3) is 4.81. The molecule has 0 radical (unpaired) electrons. The van der Waals surface area contributed by atoms with E-state index in [-0.39, 0.29) is 0 Å². The summed E-state index contributed by atoms with van der Waals surface area (Å²) in [4.78, 5) is 0. The minimum atomic E-state index is 0.796. The quantitative estimate of drug-likeness (QED) is 0.768. The predicted molar refractivity (Wildman–Crippen MR) is 75.5 cm³/mol. The van der Waals surface area contributed by atoms with Crippen LogP contribution in [0.3, 0.4) is 0 Å². The van der Waals surface area contributed by atoms with E-state index in [1.54, 1.807) is 0 Å². The molecule has 0 aromatic carbocycles. The van der Waals surface area contributed by atoms with Crippen LogP contribution in [0, 0.1) is 11.8 Å². The van der Waals surface area contributed by atoms with Gasteiger partial charge in [0.05, 0.1) is 6.20 Å². The van der Waals surface area contributed by atoms with Crippen molar-refractivity contribution in [3.8, 4) is 0 Å². The first-order valence-corrected chi connectivity index (χ1v) is 7.34. The van der Waals surface area contributed by atoms with Gasteiger partial charge < -0.3 is 5.32 Å². The van der Waals surface area contributed by atoms with Crippen molar-refractivity contribution in [3.05, 3.63) is 18.0 Å². The van der Waals surface area contributed by atoms with Gasteiger partial charge in [0.15, 0.2) is 0 Å². The Bertz CT molecular complexity index is 352. The van der Waals surface area contributed by atoms with Gasteiger partial charge in [0, 0.05) is 19.3 Å². The standard InChI is InChI=1S/C15H27N3/c1-12(2)8-13(9-16-15-6-7-15)4-5-14-10-17-18(3)11-14/h10-13,15-16H,4-9H2,1-3H3. The molecule has 0 saturated heterocycles.